The number of rotatable bonds is 7. The molecule has 0 unspecified atom stereocenters. The second-order valence-electron chi connectivity index (χ2n) is 9.44. The second-order valence-corrected chi connectivity index (χ2v) is 9.85. The molecule has 0 atom stereocenters. The van der Waals surface area contributed by atoms with Crippen LogP contribution in [0.4, 0.5) is 0 Å². The lowest BCUT2D eigenvalue weighted by Crippen LogP contribution is -2.19. The summed E-state index contributed by atoms with van der Waals surface area (Å²) in [5.74, 6) is 1.99. The molecule has 5 nitrogen and oxygen atoms in total. The van der Waals surface area contributed by atoms with Crippen molar-refractivity contribution in [1.82, 2.24) is 9.97 Å². The zero-order valence-electron chi connectivity index (χ0n) is 20.1. The number of ether oxygens (including phenoxy) is 2. The van der Waals surface area contributed by atoms with Gasteiger partial charge >= 0.3 is 0 Å². The van der Waals surface area contributed by atoms with Crippen LogP contribution in [0.5, 0.6) is 11.5 Å². The maximum atomic E-state index is 9.57. The molecule has 1 heterocycles. The van der Waals surface area contributed by atoms with Gasteiger partial charge in [-0.3, -0.25) is 0 Å². The topological polar surface area (TPSA) is 68.0 Å². The van der Waals surface area contributed by atoms with Crippen LogP contribution in [-0.2, 0) is 17.4 Å². The normalized spacial score (nSPS) is 11.7. The van der Waals surface area contributed by atoms with Crippen LogP contribution in [-0.4, -0.2) is 16.6 Å². The van der Waals surface area contributed by atoms with E-state index in [1.54, 1.807) is 6.20 Å². The lowest BCUT2D eigenvalue weighted by Gasteiger charge is -2.27. The summed E-state index contributed by atoms with van der Waals surface area (Å²) >= 11 is 6.44. The Morgan fingerprint density at radius 3 is 2.27 bits per heavy atom. The van der Waals surface area contributed by atoms with Crippen molar-refractivity contribution in [2.24, 2.45) is 0 Å². The van der Waals surface area contributed by atoms with Gasteiger partial charge in [-0.25, -0.2) is 9.97 Å². The lowest BCUT2D eigenvalue weighted by molar-refractivity contribution is 0.299. The van der Waals surface area contributed by atoms with E-state index in [2.05, 4.69) is 50.7 Å². The van der Waals surface area contributed by atoms with Crippen LogP contribution in [0.1, 0.15) is 69.8 Å². The first-order chi connectivity index (χ1) is 15.6. The average molecular weight is 464 g/mol. The van der Waals surface area contributed by atoms with Crippen LogP contribution in [0.25, 0.3) is 0 Å². The maximum absolute atomic E-state index is 9.57. The predicted molar refractivity (Wildman–Crippen MR) is 131 cm³/mol. The summed E-state index contributed by atoms with van der Waals surface area (Å²) in [5, 5.41) is 10.0. The van der Waals surface area contributed by atoms with Crippen LogP contribution in [0.2, 0.25) is 5.02 Å². The van der Waals surface area contributed by atoms with Gasteiger partial charge in [-0.1, -0.05) is 58.4 Å². The molecule has 0 radical (unpaired) electrons. The van der Waals surface area contributed by atoms with Gasteiger partial charge in [0.25, 0.3) is 0 Å². The third-order valence-corrected chi connectivity index (χ3v) is 5.80. The largest absolute Gasteiger partial charge is 0.491 e. The monoisotopic (exact) mass is 463 g/mol. The number of nitriles is 1. The van der Waals surface area contributed by atoms with Crippen molar-refractivity contribution in [3.8, 4) is 17.6 Å². The van der Waals surface area contributed by atoms with Crippen molar-refractivity contribution in [1.29, 1.82) is 5.26 Å². The molecule has 33 heavy (non-hydrogen) atoms. The fourth-order valence-corrected chi connectivity index (χ4v) is 3.73. The van der Waals surface area contributed by atoms with Gasteiger partial charge in [0, 0.05) is 17.0 Å². The summed E-state index contributed by atoms with van der Waals surface area (Å²) in [4.78, 5) is 8.98. The average Bonchev–Trinajstić information content (AvgIpc) is 2.78. The van der Waals surface area contributed by atoms with E-state index in [1.165, 1.54) is 0 Å². The van der Waals surface area contributed by atoms with Crippen LogP contribution in [0, 0.1) is 11.3 Å². The summed E-state index contributed by atoms with van der Waals surface area (Å²) in [7, 11) is 0. The van der Waals surface area contributed by atoms with Gasteiger partial charge in [0.15, 0.2) is 5.75 Å². The highest BCUT2D eigenvalue weighted by Gasteiger charge is 2.26. The van der Waals surface area contributed by atoms with Crippen molar-refractivity contribution in [3.05, 3.63) is 81.9 Å². The zero-order valence-corrected chi connectivity index (χ0v) is 20.8. The fourth-order valence-electron chi connectivity index (χ4n) is 3.46. The Hall–Kier alpha value is -3.10. The molecule has 2 aromatic carbocycles. The fraction of sp³-hybridized carbons (Fsp3) is 0.370. The van der Waals surface area contributed by atoms with E-state index in [-0.39, 0.29) is 10.8 Å². The number of benzene rings is 2. The van der Waals surface area contributed by atoms with E-state index >= 15 is 0 Å². The van der Waals surface area contributed by atoms with Crippen molar-refractivity contribution < 1.29 is 9.47 Å². The van der Waals surface area contributed by atoms with Crippen molar-refractivity contribution in [2.75, 3.05) is 6.61 Å². The molecule has 3 rings (SSSR count). The van der Waals surface area contributed by atoms with Gasteiger partial charge in [-0.15, -0.1) is 0 Å². The molecule has 0 saturated heterocycles. The molecule has 0 aliphatic rings. The first-order valence-electron chi connectivity index (χ1n) is 11.0. The number of aromatic nitrogens is 2. The predicted octanol–water partition coefficient (Wildman–Crippen LogP) is 6.60. The Balaban J connectivity index is 1.78. The number of hydrogen-bond donors (Lipinski definition) is 0. The quantitative estimate of drug-likeness (QED) is 0.394. The zero-order chi connectivity index (χ0) is 24.2. The van der Waals surface area contributed by atoms with Gasteiger partial charge in [0.1, 0.15) is 24.3 Å². The Labute approximate surface area is 201 Å². The minimum absolute atomic E-state index is 0.113. The Bertz CT molecular complexity index is 1160. The van der Waals surface area contributed by atoms with Crippen LogP contribution in [0.15, 0.2) is 48.7 Å². The van der Waals surface area contributed by atoms with E-state index < -0.39 is 0 Å². The van der Waals surface area contributed by atoms with Crippen LogP contribution < -0.4 is 9.47 Å². The molecule has 0 fully saturated rings. The third-order valence-electron chi connectivity index (χ3n) is 5.52. The second kappa shape index (κ2) is 9.80. The third kappa shape index (κ3) is 5.64. The van der Waals surface area contributed by atoms with Crippen molar-refractivity contribution in [2.45, 2.75) is 59.0 Å². The van der Waals surface area contributed by atoms with Crippen LogP contribution >= 0.6 is 11.6 Å². The molecular formula is C27H30ClN3O2. The van der Waals surface area contributed by atoms with Crippen molar-refractivity contribution in [3.63, 3.8) is 0 Å². The van der Waals surface area contributed by atoms with E-state index in [0.717, 1.165) is 28.4 Å². The molecule has 0 aliphatic carbocycles. The molecule has 0 saturated carbocycles. The SMILES string of the molecule is CCOc1c(Cl)cc(C(C)(C)c2ccc(OCc3ccnc(C(C)(C)C)n3)cc2)cc1C#N. The van der Waals surface area contributed by atoms with Gasteiger partial charge in [-0.05, 0) is 48.4 Å². The Kier molecular flexibility index (Phi) is 7.29. The minimum Gasteiger partial charge on any atom is -0.491 e. The highest BCUT2D eigenvalue weighted by Crippen LogP contribution is 2.38. The molecule has 0 bridgehead atoms. The summed E-state index contributed by atoms with van der Waals surface area (Å²) < 4.78 is 11.5. The van der Waals surface area contributed by atoms with E-state index in [1.807, 2.05) is 49.4 Å². The summed E-state index contributed by atoms with van der Waals surface area (Å²) in [6, 6.07) is 15.8. The minimum atomic E-state index is -0.368. The number of halogens is 1. The number of nitrogens with zero attached hydrogens (tertiary/aromatic N) is 3. The Morgan fingerprint density at radius 2 is 1.67 bits per heavy atom. The van der Waals surface area contributed by atoms with Crippen molar-refractivity contribution >= 4 is 11.6 Å². The molecule has 0 N–H and O–H groups in total. The molecule has 1 aromatic heterocycles. The standard InChI is InChI=1S/C27H30ClN3O2/c1-7-32-24-18(16-29)14-20(15-23(24)28)27(5,6)19-8-10-22(11-9-19)33-17-21-12-13-30-25(31-21)26(2,3)4/h8-15H,7,17H2,1-6H3. The van der Waals surface area contributed by atoms with E-state index in [9.17, 15) is 5.26 Å². The van der Waals surface area contributed by atoms with E-state index in [4.69, 9.17) is 21.1 Å². The highest BCUT2D eigenvalue weighted by atomic mass is 35.5. The smallest absolute Gasteiger partial charge is 0.155 e. The molecule has 172 valence electrons. The maximum Gasteiger partial charge on any atom is 0.155 e. The van der Waals surface area contributed by atoms with Gasteiger partial charge in [-0.2, -0.15) is 5.26 Å². The van der Waals surface area contributed by atoms with Gasteiger partial charge in [0.05, 0.1) is 22.9 Å². The first kappa shape index (κ1) is 24.5. The first-order valence-corrected chi connectivity index (χ1v) is 11.4. The molecular weight excluding hydrogens is 434 g/mol. The summed E-state index contributed by atoms with van der Waals surface area (Å²) in [5.41, 5.74) is 2.82. The molecule has 0 amide bonds. The molecule has 3 aromatic rings. The molecule has 0 aliphatic heterocycles. The summed E-state index contributed by atoms with van der Waals surface area (Å²) in [6.07, 6.45) is 1.77. The van der Waals surface area contributed by atoms with E-state index in [0.29, 0.717) is 29.5 Å². The number of hydrogen-bond acceptors (Lipinski definition) is 5. The Morgan fingerprint density at radius 1 is 0.970 bits per heavy atom. The molecule has 6 heteroatoms. The van der Waals surface area contributed by atoms with Crippen LogP contribution in [0.3, 0.4) is 0 Å². The van der Waals surface area contributed by atoms with Gasteiger partial charge in [0.2, 0.25) is 0 Å². The van der Waals surface area contributed by atoms with Gasteiger partial charge < -0.3 is 9.47 Å². The summed E-state index contributed by atoms with van der Waals surface area (Å²) in [6.45, 7) is 13.2. The lowest BCUT2D eigenvalue weighted by atomic mass is 9.77. The molecule has 0 spiro atoms. The highest BCUT2D eigenvalue weighted by molar-refractivity contribution is 6.32.